The zero-order chi connectivity index (χ0) is 12.1. The highest BCUT2D eigenvalue weighted by Gasteiger charge is 2.19. The smallest absolute Gasteiger partial charge is 0.326 e. The third kappa shape index (κ3) is 3.22. The van der Waals surface area contributed by atoms with Crippen LogP contribution < -0.4 is 5.32 Å². The van der Waals surface area contributed by atoms with Gasteiger partial charge in [-0.3, -0.25) is 0 Å². The number of aliphatic carboxylic acids is 1. The van der Waals surface area contributed by atoms with Gasteiger partial charge in [0.2, 0.25) is 0 Å². The number of nitrogens with zero attached hydrogens (tertiary/aromatic N) is 2. The van der Waals surface area contributed by atoms with Crippen molar-refractivity contribution in [1.82, 2.24) is 10.1 Å². The van der Waals surface area contributed by atoms with Crippen LogP contribution in [-0.2, 0) is 4.79 Å². The van der Waals surface area contributed by atoms with E-state index in [2.05, 4.69) is 15.5 Å². The Kier molecular flexibility index (Phi) is 4.28. The van der Waals surface area contributed by atoms with Gasteiger partial charge in [0.1, 0.15) is 6.04 Å². The van der Waals surface area contributed by atoms with Crippen LogP contribution in [0, 0.1) is 0 Å². The molecule has 90 valence electrons. The molecule has 0 amide bonds. The van der Waals surface area contributed by atoms with E-state index < -0.39 is 12.0 Å². The maximum atomic E-state index is 10.9. The van der Waals surface area contributed by atoms with Crippen LogP contribution in [0.4, 0.5) is 6.01 Å². The van der Waals surface area contributed by atoms with E-state index in [-0.39, 0.29) is 11.9 Å². The molecule has 1 rings (SSSR count). The van der Waals surface area contributed by atoms with E-state index >= 15 is 0 Å². The van der Waals surface area contributed by atoms with Crippen LogP contribution in [0.5, 0.6) is 0 Å². The molecule has 0 bridgehead atoms. The van der Waals surface area contributed by atoms with Crippen LogP contribution in [0.2, 0.25) is 0 Å². The van der Waals surface area contributed by atoms with Crippen molar-refractivity contribution in [1.29, 1.82) is 0 Å². The predicted octanol–water partition coefficient (Wildman–Crippen LogP) is 1.86. The first kappa shape index (κ1) is 12.5. The molecule has 0 spiro atoms. The van der Waals surface area contributed by atoms with Gasteiger partial charge in [-0.05, 0) is 6.42 Å². The minimum absolute atomic E-state index is 0.161. The van der Waals surface area contributed by atoms with Crippen molar-refractivity contribution < 1.29 is 14.4 Å². The number of hydrogen-bond acceptors (Lipinski definition) is 5. The largest absolute Gasteiger partial charge is 0.480 e. The fourth-order valence-electron chi connectivity index (χ4n) is 1.22. The highest BCUT2D eigenvalue weighted by Crippen LogP contribution is 2.14. The second kappa shape index (κ2) is 5.48. The number of carboxylic acid groups (broad SMARTS) is 1. The van der Waals surface area contributed by atoms with Gasteiger partial charge < -0.3 is 14.9 Å². The maximum absolute atomic E-state index is 10.9. The predicted molar refractivity (Wildman–Crippen MR) is 58.3 cm³/mol. The Balaban J connectivity index is 2.66. The molecule has 1 unspecified atom stereocenters. The van der Waals surface area contributed by atoms with E-state index in [4.69, 9.17) is 9.63 Å². The van der Waals surface area contributed by atoms with Crippen molar-refractivity contribution in [3.63, 3.8) is 0 Å². The highest BCUT2D eigenvalue weighted by molar-refractivity contribution is 5.76. The Morgan fingerprint density at radius 3 is 2.69 bits per heavy atom. The summed E-state index contributed by atoms with van der Waals surface area (Å²) >= 11 is 0. The second-order valence-electron chi connectivity index (χ2n) is 3.94. The highest BCUT2D eigenvalue weighted by atomic mass is 16.5. The van der Waals surface area contributed by atoms with Crippen molar-refractivity contribution in [3.05, 3.63) is 5.82 Å². The Morgan fingerprint density at radius 2 is 2.25 bits per heavy atom. The summed E-state index contributed by atoms with van der Waals surface area (Å²) in [5.74, 6) is -0.178. The number of carbonyl (C=O) groups is 1. The summed E-state index contributed by atoms with van der Waals surface area (Å²) in [7, 11) is 0. The van der Waals surface area contributed by atoms with E-state index in [1.165, 1.54) is 0 Å². The molecule has 1 aromatic rings. The van der Waals surface area contributed by atoms with E-state index in [1.807, 2.05) is 20.8 Å². The summed E-state index contributed by atoms with van der Waals surface area (Å²) in [6, 6.07) is -0.505. The van der Waals surface area contributed by atoms with Gasteiger partial charge in [-0.1, -0.05) is 32.3 Å². The normalized spacial score (nSPS) is 12.8. The summed E-state index contributed by atoms with van der Waals surface area (Å²) in [5.41, 5.74) is 0. The molecule has 0 saturated carbocycles. The lowest BCUT2D eigenvalue weighted by atomic mass is 10.2. The second-order valence-corrected chi connectivity index (χ2v) is 3.94. The van der Waals surface area contributed by atoms with E-state index in [0.717, 1.165) is 6.42 Å². The van der Waals surface area contributed by atoms with Gasteiger partial charge in [-0.25, -0.2) is 4.79 Å². The van der Waals surface area contributed by atoms with Crippen molar-refractivity contribution in [2.24, 2.45) is 0 Å². The lowest BCUT2D eigenvalue weighted by molar-refractivity contribution is -0.138. The average molecular weight is 227 g/mol. The minimum Gasteiger partial charge on any atom is -0.480 e. The molecule has 0 fully saturated rings. The number of nitrogens with one attached hydrogen (secondary N) is 1. The third-order valence-electron chi connectivity index (χ3n) is 2.13. The number of aromatic nitrogens is 2. The van der Waals surface area contributed by atoms with Crippen LogP contribution in [0.15, 0.2) is 4.52 Å². The van der Waals surface area contributed by atoms with Crippen LogP contribution >= 0.6 is 0 Å². The van der Waals surface area contributed by atoms with Gasteiger partial charge in [0.05, 0.1) is 0 Å². The van der Waals surface area contributed by atoms with Gasteiger partial charge in [-0.15, -0.1) is 0 Å². The molecule has 0 radical (unpaired) electrons. The Labute approximate surface area is 94.0 Å². The molecule has 0 aliphatic heterocycles. The standard InChI is InChI=1S/C10H17N3O3/c1-4-5-7(9(14)15)11-10-12-8(6(2)3)13-16-10/h6-7H,4-5H2,1-3H3,(H,14,15)(H,11,12,13). The lowest BCUT2D eigenvalue weighted by Gasteiger charge is -2.10. The quantitative estimate of drug-likeness (QED) is 0.771. The number of hydrogen-bond donors (Lipinski definition) is 2. The number of anilines is 1. The minimum atomic E-state index is -0.911. The van der Waals surface area contributed by atoms with Crippen molar-refractivity contribution >= 4 is 12.0 Å². The molecule has 0 aliphatic rings. The van der Waals surface area contributed by atoms with Crippen LogP contribution in [-0.4, -0.2) is 27.3 Å². The van der Waals surface area contributed by atoms with Crippen LogP contribution in [0.25, 0.3) is 0 Å². The summed E-state index contributed by atoms with van der Waals surface area (Å²) in [6.45, 7) is 5.80. The number of rotatable bonds is 6. The Bertz CT molecular complexity index is 349. The van der Waals surface area contributed by atoms with Crippen molar-refractivity contribution in [2.75, 3.05) is 5.32 Å². The molecule has 6 heteroatoms. The molecule has 6 nitrogen and oxygen atoms in total. The first-order valence-corrected chi connectivity index (χ1v) is 5.37. The van der Waals surface area contributed by atoms with Crippen LogP contribution in [0.3, 0.4) is 0 Å². The fourth-order valence-corrected chi connectivity index (χ4v) is 1.22. The third-order valence-corrected chi connectivity index (χ3v) is 2.13. The van der Waals surface area contributed by atoms with Crippen molar-refractivity contribution in [2.45, 2.75) is 45.6 Å². The van der Waals surface area contributed by atoms with Crippen molar-refractivity contribution in [3.8, 4) is 0 Å². The molecule has 1 heterocycles. The van der Waals surface area contributed by atoms with Gasteiger partial charge in [-0.2, -0.15) is 4.98 Å². The monoisotopic (exact) mass is 227 g/mol. The molecular formula is C10H17N3O3. The average Bonchev–Trinajstić information content (AvgIpc) is 2.65. The van der Waals surface area contributed by atoms with E-state index in [9.17, 15) is 4.79 Å². The molecule has 0 aromatic carbocycles. The SMILES string of the molecule is CCCC(Nc1nc(C(C)C)no1)C(=O)O. The first-order valence-electron chi connectivity index (χ1n) is 5.37. The first-order chi connectivity index (χ1) is 7.54. The molecular weight excluding hydrogens is 210 g/mol. The zero-order valence-electron chi connectivity index (χ0n) is 9.73. The molecule has 0 aliphatic carbocycles. The van der Waals surface area contributed by atoms with Gasteiger partial charge in [0.15, 0.2) is 5.82 Å². The lowest BCUT2D eigenvalue weighted by Crippen LogP contribution is -2.29. The zero-order valence-corrected chi connectivity index (χ0v) is 9.73. The number of carboxylic acids is 1. The summed E-state index contributed by atoms with van der Waals surface area (Å²) in [4.78, 5) is 14.9. The summed E-state index contributed by atoms with van der Waals surface area (Å²) in [5, 5.41) is 15.4. The molecule has 1 aromatic heterocycles. The van der Waals surface area contributed by atoms with Gasteiger partial charge >= 0.3 is 12.0 Å². The topological polar surface area (TPSA) is 88.3 Å². The van der Waals surface area contributed by atoms with Gasteiger partial charge in [0.25, 0.3) is 0 Å². The van der Waals surface area contributed by atoms with E-state index in [0.29, 0.717) is 12.2 Å². The van der Waals surface area contributed by atoms with Gasteiger partial charge in [0, 0.05) is 5.92 Å². The molecule has 1 atom stereocenters. The summed E-state index contributed by atoms with van der Waals surface area (Å²) < 4.78 is 4.92. The van der Waals surface area contributed by atoms with Crippen LogP contribution in [0.1, 0.15) is 45.4 Å². The maximum Gasteiger partial charge on any atom is 0.326 e. The van der Waals surface area contributed by atoms with E-state index in [1.54, 1.807) is 0 Å². The Hall–Kier alpha value is -1.59. The molecule has 0 saturated heterocycles. The fraction of sp³-hybridized carbons (Fsp3) is 0.700. The Morgan fingerprint density at radius 1 is 1.56 bits per heavy atom. The molecule has 16 heavy (non-hydrogen) atoms. The molecule has 2 N–H and O–H groups in total. The summed E-state index contributed by atoms with van der Waals surface area (Å²) in [6.07, 6.45) is 1.30.